The summed E-state index contributed by atoms with van der Waals surface area (Å²) in [5.41, 5.74) is 1.62. The van der Waals surface area contributed by atoms with E-state index in [9.17, 15) is 5.11 Å². The number of halogens is 1. The molecule has 0 heterocycles. The van der Waals surface area contributed by atoms with Gasteiger partial charge in [0, 0.05) is 17.2 Å². The first-order chi connectivity index (χ1) is 10.3. The standard InChI is InChI=1S/C17H13NO.CH3.ClH.Ti/c19-17-11-4-2-7-14(17)12-18-16-10-5-8-13-6-1-3-9-15(13)16;;;/h1-12,19H;1H3;1H;/q;-1;;+2/p-1. The molecule has 0 aromatic heterocycles. The van der Waals surface area contributed by atoms with Gasteiger partial charge in [0.1, 0.15) is 5.75 Å². The van der Waals surface area contributed by atoms with Crippen molar-refractivity contribution in [1.29, 1.82) is 0 Å². The van der Waals surface area contributed by atoms with E-state index in [1.807, 2.05) is 42.5 Å². The summed E-state index contributed by atoms with van der Waals surface area (Å²) in [6.45, 7) is 0. The molecule has 3 aromatic carbocycles. The molecule has 0 aliphatic carbocycles. The van der Waals surface area contributed by atoms with Gasteiger partial charge in [-0.25, -0.2) is 0 Å². The van der Waals surface area contributed by atoms with Gasteiger partial charge in [-0.2, -0.15) is 0 Å². The fourth-order valence-electron chi connectivity index (χ4n) is 2.06. The Hall–Kier alpha value is -1.61. The van der Waals surface area contributed by atoms with Gasteiger partial charge < -0.3 is 12.5 Å². The van der Waals surface area contributed by atoms with E-state index < -0.39 is 0 Å². The van der Waals surface area contributed by atoms with Crippen LogP contribution in [0.4, 0.5) is 5.69 Å². The number of nitrogens with zero attached hydrogens (tertiary/aromatic N) is 1. The fourth-order valence-corrected chi connectivity index (χ4v) is 2.06. The van der Waals surface area contributed by atoms with E-state index in [1.54, 1.807) is 18.3 Å². The third-order valence-electron chi connectivity index (χ3n) is 3.05. The maximum atomic E-state index is 9.71. The zero-order valence-corrected chi connectivity index (χ0v) is 14.5. The van der Waals surface area contributed by atoms with Gasteiger partial charge in [0.15, 0.2) is 0 Å². The van der Waals surface area contributed by atoms with Crippen molar-refractivity contribution in [3.05, 3.63) is 79.7 Å². The van der Waals surface area contributed by atoms with Crippen LogP contribution in [-0.4, -0.2) is 11.3 Å². The molecule has 1 N–H and O–H groups in total. The topological polar surface area (TPSA) is 32.6 Å². The molecule has 0 aliphatic heterocycles. The van der Waals surface area contributed by atoms with Crippen molar-refractivity contribution in [2.24, 2.45) is 4.99 Å². The van der Waals surface area contributed by atoms with Gasteiger partial charge >= 0.3 is 28.7 Å². The third-order valence-corrected chi connectivity index (χ3v) is 3.05. The van der Waals surface area contributed by atoms with Crippen LogP contribution in [0.2, 0.25) is 0 Å². The van der Waals surface area contributed by atoms with E-state index in [2.05, 4.69) is 26.4 Å². The number of para-hydroxylation sites is 1. The van der Waals surface area contributed by atoms with E-state index in [0.717, 1.165) is 22.0 Å². The number of phenolic OH excluding ortho intramolecular Hbond substituents is 1. The second kappa shape index (κ2) is 9.42. The summed E-state index contributed by atoms with van der Waals surface area (Å²) in [5.74, 6) is 0.242. The van der Waals surface area contributed by atoms with Gasteiger partial charge in [0.05, 0.1) is 5.69 Å². The summed E-state index contributed by atoms with van der Waals surface area (Å²) >= 11 is 1.47. The van der Waals surface area contributed by atoms with Gasteiger partial charge in [-0.1, -0.05) is 48.5 Å². The van der Waals surface area contributed by atoms with Gasteiger partial charge in [0.25, 0.3) is 0 Å². The molecule has 0 unspecified atom stereocenters. The minimum absolute atomic E-state index is 0. The van der Waals surface area contributed by atoms with Crippen molar-refractivity contribution in [2.75, 3.05) is 0 Å². The zero-order valence-electron chi connectivity index (χ0n) is 12.2. The second-order valence-corrected chi connectivity index (χ2v) is 4.32. The molecule has 0 amide bonds. The molecule has 110 valence electrons. The number of aromatic hydroxyl groups is 1. The molecule has 2 nitrogen and oxygen atoms in total. The summed E-state index contributed by atoms with van der Waals surface area (Å²) in [6.07, 6.45) is 1.69. The Kier molecular flexibility index (Phi) is 7.90. The Balaban J connectivity index is 0.000000775. The molecule has 22 heavy (non-hydrogen) atoms. The molecule has 3 rings (SSSR count). The Morgan fingerprint density at radius 2 is 1.50 bits per heavy atom. The molecular formula is C18H16ClNOTi. The maximum absolute atomic E-state index is 9.71. The average molecular weight is 346 g/mol. The van der Waals surface area contributed by atoms with Crippen LogP contribution in [-0.2, 0) is 19.4 Å². The van der Waals surface area contributed by atoms with Crippen molar-refractivity contribution in [3.63, 3.8) is 0 Å². The van der Waals surface area contributed by atoms with E-state index >= 15 is 0 Å². The molecule has 3 aromatic rings. The Labute approximate surface area is 146 Å². The predicted molar refractivity (Wildman–Crippen MR) is 91.6 cm³/mol. The van der Waals surface area contributed by atoms with Crippen molar-refractivity contribution >= 4 is 32.0 Å². The van der Waals surface area contributed by atoms with Crippen LogP contribution in [0.1, 0.15) is 5.56 Å². The quantitative estimate of drug-likeness (QED) is 0.375. The SMILES string of the molecule is Oc1ccccc1C=Nc1cccc2ccccc12.[CH3-].[Cl][Ti+]. The van der Waals surface area contributed by atoms with Gasteiger partial charge in [-0.15, -0.1) is 0 Å². The molecule has 0 spiro atoms. The number of fused-ring (bicyclic) bond motifs is 1. The second-order valence-electron chi connectivity index (χ2n) is 4.32. The summed E-state index contributed by atoms with van der Waals surface area (Å²) in [6, 6.07) is 21.3. The molecule has 4 heteroatoms. The zero-order chi connectivity index (χ0) is 15.1. The third kappa shape index (κ3) is 4.44. The predicted octanol–water partition coefficient (Wildman–Crippen LogP) is 5.43. The van der Waals surface area contributed by atoms with Crippen molar-refractivity contribution < 1.29 is 24.5 Å². The normalized spacial score (nSPS) is 9.82. The number of hydrogen-bond acceptors (Lipinski definition) is 2. The fraction of sp³-hybridized carbons (Fsp3) is 0. The summed E-state index contributed by atoms with van der Waals surface area (Å²) in [7, 11) is 4.64. The number of benzene rings is 3. The van der Waals surface area contributed by atoms with Gasteiger partial charge in [0.2, 0.25) is 0 Å². The first kappa shape index (κ1) is 18.4. The van der Waals surface area contributed by atoms with Crippen LogP contribution in [0.15, 0.2) is 71.7 Å². The Morgan fingerprint density at radius 1 is 0.864 bits per heavy atom. The van der Waals surface area contributed by atoms with E-state index in [4.69, 9.17) is 0 Å². The Bertz CT molecular complexity index is 753. The molecule has 0 fully saturated rings. The number of aliphatic imine (C=N–C) groups is 1. The monoisotopic (exact) mass is 345 g/mol. The van der Waals surface area contributed by atoms with Crippen LogP contribution < -0.4 is 0 Å². The Morgan fingerprint density at radius 3 is 2.27 bits per heavy atom. The molecule has 0 saturated heterocycles. The van der Waals surface area contributed by atoms with Crippen LogP contribution >= 0.6 is 9.30 Å². The molecule has 0 atom stereocenters. The summed E-state index contributed by atoms with van der Waals surface area (Å²) in [5, 5.41) is 12.0. The number of hydrogen-bond donors (Lipinski definition) is 1. The van der Waals surface area contributed by atoms with Gasteiger partial charge in [-0.3, -0.25) is 4.99 Å². The number of rotatable bonds is 2. The van der Waals surface area contributed by atoms with E-state index in [1.165, 1.54) is 19.4 Å². The van der Waals surface area contributed by atoms with E-state index in [0.29, 0.717) is 0 Å². The summed E-state index contributed by atoms with van der Waals surface area (Å²) < 4.78 is 0. The van der Waals surface area contributed by atoms with Crippen molar-refractivity contribution in [2.45, 2.75) is 0 Å². The molecular weight excluding hydrogens is 330 g/mol. The van der Waals surface area contributed by atoms with E-state index in [-0.39, 0.29) is 13.2 Å². The van der Waals surface area contributed by atoms with Crippen LogP contribution in [0.5, 0.6) is 5.75 Å². The van der Waals surface area contributed by atoms with Crippen molar-refractivity contribution in [1.82, 2.24) is 0 Å². The number of phenols is 1. The first-order valence-electron chi connectivity index (χ1n) is 6.33. The molecule has 0 aliphatic rings. The average Bonchev–Trinajstić information content (AvgIpc) is 2.56. The summed E-state index contributed by atoms with van der Waals surface area (Å²) in [4.78, 5) is 4.48. The molecule has 0 radical (unpaired) electrons. The molecule has 0 bridgehead atoms. The molecule has 0 saturated carbocycles. The van der Waals surface area contributed by atoms with Gasteiger partial charge in [-0.05, 0) is 23.6 Å². The van der Waals surface area contributed by atoms with Crippen molar-refractivity contribution in [3.8, 4) is 5.75 Å². The first-order valence-corrected chi connectivity index (χ1v) is 8.48. The minimum atomic E-state index is 0. The van der Waals surface area contributed by atoms with Crippen LogP contribution in [0.25, 0.3) is 10.8 Å². The van der Waals surface area contributed by atoms with Crippen LogP contribution in [0.3, 0.4) is 0 Å². The van der Waals surface area contributed by atoms with Crippen LogP contribution in [0, 0.1) is 7.43 Å².